The van der Waals surface area contributed by atoms with Gasteiger partial charge in [0.15, 0.2) is 0 Å². The highest BCUT2D eigenvalue weighted by atomic mass is 32.2. The molecular weight excluding hydrogens is 240 g/mol. The molecule has 17 heavy (non-hydrogen) atoms. The van der Waals surface area contributed by atoms with Crippen molar-refractivity contribution in [3.8, 4) is 0 Å². The molecule has 6 heteroatoms. The van der Waals surface area contributed by atoms with Crippen molar-refractivity contribution >= 4 is 10.2 Å². The minimum atomic E-state index is -3.47. The number of hydrogen-bond acceptors (Lipinski definition) is 3. The van der Waals surface area contributed by atoms with Crippen LogP contribution in [0.3, 0.4) is 0 Å². The van der Waals surface area contributed by atoms with Crippen molar-refractivity contribution in [3.63, 3.8) is 0 Å². The Balaban J connectivity index is 4.39. The molecule has 0 bridgehead atoms. The van der Waals surface area contributed by atoms with Gasteiger partial charge in [0, 0.05) is 19.6 Å². The molecule has 1 unspecified atom stereocenters. The predicted molar refractivity (Wildman–Crippen MR) is 69.9 cm³/mol. The molecule has 104 valence electrons. The van der Waals surface area contributed by atoms with Crippen LogP contribution < -0.4 is 4.72 Å². The monoisotopic (exact) mass is 266 g/mol. The summed E-state index contributed by atoms with van der Waals surface area (Å²) in [6.45, 7) is 6.35. The first kappa shape index (κ1) is 16.8. The quantitative estimate of drug-likeness (QED) is 0.653. The molecule has 0 aromatic heterocycles. The molecule has 0 fully saturated rings. The van der Waals surface area contributed by atoms with E-state index in [0.29, 0.717) is 18.9 Å². The lowest BCUT2D eigenvalue weighted by Gasteiger charge is -2.23. The van der Waals surface area contributed by atoms with Gasteiger partial charge in [-0.1, -0.05) is 27.2 Å². The second-order valence-corrected chi connectivity index (χ2v) is 6.62. The molecule has 2 N–H and O–H groups in total. The summed E-state index contributed by atoms with van der Waals surface area (Å²) < 4.78 is 27.6. The van der Waals surface area contributed by atoms with Crippen LogP contribution in [0.4, 0.5) is 0 Å². The molecule has 0 radical (unpaired) electrons. The number of unbranched alkanes of at least 4 members (excludes halogenated alkanes) is 1. The van der Waals surface area contributed by atoms with E-state index in [-0.39, 0.29) is 6.61 Å². The van der Waals surface area contributed by atoms with Gasteiger partial charge in [-0.2, -0.15) is 17.4 Å². The largest absolute Gasteiger partial charge is 0.395 e. The van der Waals surface area contributed by atoms with E-state index in [0.717, 1.165) is 12.8 Å². The summed E-state index contributed by atoms with van der Waals surface area (Å²) in [5.41, 5.74) is 0. The van der Waals surface area contributed by atoms with Crippen LogP contribution in [-0.4, -0.2) is 44.1 Å². The first-order valence-corrected chi connectivity index (χ1v) is 7.61. The molecule has 0 spiro atoms. The predicted octanol–water partition coefficient (Wildman–Crippen LogP) is 0.960. The number of nitrogens with zero attached hydrogens (tertiary/aromatic N) is 1. The average molecular weight is 266 g/mol. The van der Waals surface area contributed by atoms with Crippen LogP contribution in [-0.2, 0) is 10.2 Å². The third-order valence-corrected chi connectivity index (χ3v) is 4.16. The first-order chi connectivity index (χ1) is 7.83. The Morgan fingerprint density at radius 3 is 2.35 bits per heavy atom. The molecule has 0 heterocycles. The number of aliphatic hydroxyl groups excluding tert-OH is 1. The van der Waals surface area contributed by atoms with Crippen molar-refractivity contribution in [2.75, 3.05) is 20.2 Å². The van der Waals surface area contributed by atoms with Gasteiger partial charge in [0.05, 0.1) is 6.61 Å². The molecule has 0 amide bonds. The number of nitrogens with one attached hydrogen (secondary N) is 1. The molecule has 0 aromatic carbocycles. The zero-order chi connectivity index (χ0) is 13.5. The minimum absolute atomic E-state index is 0.168. The van der Waals surface area contributed by atoms with Crippen LogP contribution in [0.2, 0.25) is 0 Å². The van der Waals surface area contributed by atoms with Crippen LogP contribution in [0.25, 0.3) is 0 Å². The summed E-state index contributed by atoms with van der Waals surface area (Å²) in [6, 6.07) is -0.399. The third kappa shape index (κ3) is 6.98. The van der Waals surface area contributed by atoms with Crippen molar-refractivity contribution in [3.05, 3.63) is 0 Å². The Bertz CT molecular complexity index is 291. The van der Waals surface area contributed by atoms with E-state index < -0.39 is 16.3 Å². The maximum atomic E-state index is 11.9. The van der Waals surface area contributed by atoms with Crippen molar-refractivity contribution in [1.29, 1.82) is 0 Å². The molecule has 1 atom stereocenters. The zero-order valence-electron chi connectivity index (χ0n) is 11.3. The summed E-state index contributed by atoms with van der Waals surface area (Å²) in [4.78, 5) is 0. The highest BCUT2D eigenvalue weighted by molar-refractivity contribution is 7.87. The fraction of sp³-hybridized carbons (Fsp3) is 1.00. The van der Waals surface area contributed by atoms with E-state index in [2.05, 4.69) is 4.72 Å². The molecule has 0 aliphatic heterocycles. The van der Waals surface area contributed by atoms with E-state index in [9.17, 15) is 8.42 Å². The molecule has 0 saturated heterocycles. The van der Waals surface area contributed by atoms with Crippen LogP contribution in [0, 0.1) is 5.92 Å². The van der Waals surface area contributed by atoms with Gasteiger partial charge in [0.25, 0.3) is 10.2 Å². The smallest absolute Gasteiger partial charge is 0.279 e. The fourth-order valence-electron chi connectivity index (χ4n) is 1.53. The number of aliphatic hydroxyl groups is 1. The molecular formula is C11H26N2O3S. The maximum absolute atomic E-state index is 11.9. The summed E-state index contributed by atoms with van der Waals surface area (Å²) in [6.07, 6.45) is 2.43. The van der Waals surface area contributed by atoms with E-state index in [1.807, 2.05) is 20.8 Å². The van der Waals surface area contributed by atoms with Gasteiger partial charge in [-0.05, 0) is 18.8 Å². The van der Waals surface area contributed by atoms with Gasteiger partial charge in [-0.3, -0.25) is 0 Å². The Morgan fingerprint density at radius 2 is 1.94 bits per heavy atom. The van der Waals surface area contributed by atoms with Crippen LogP contribution in [0.15, 0.2) is 0 Å². The number of rotatable bonds is 9. The third-order valence-electron chi connectivity index (χ3n) is 2.53. The molecule has 0 aliphatic carbocycles. The summed E-state index contributed by atoms with van der Waals surface area (Å²) >= 11 is 0. The van der Waals surface area contributed by atoms with Crippen molar-refractivity contribution < 1.29 is 13.5 Å². The maximum Gasteiger partial charge on any atom is 0.279 e. The van der Waals surface area contributed by atoms with Gasteiger partial charge in [0.1, 0.15) is 0 Å². The van der Waals surface area contributed by atoms with E-state index in [4.69, 9.17) is 5.11 Å². The lowest BCUT2D eigenvalue weighted by molar-refractivity contribution is 0.237. The lowest BCUT2D eigenvalue weighted by atomic mass is 10.1. The van der Waals surface area contributed by atoms with Crippen molar-refractivity contribution in [2.24, 2.45) is 5.92 Å². The average Bonchev–Trinajstić information content (AvgIpc) is 2.23. The standard InChI is InChI=1S/C11H26N2O3S/c1-5-6-7-13(4)17(15,16)12-11(9-14)8-10(2)3/h10-12,14H,5-9H2,1-4H3. The molecule has 0 saturated carbocycles. The Hall–Kier alpha value is -0.170. The van der Waals surface area contributed by atoms with Crippen molar-refractivity contribution in [1.82, 2.24) is 9.03 Å². The second-order valence-electron chi connectivity index (χ2n) is 4.81. The Kier molecular flexibility index (Phi) is 7.94. The molecule has 0 aromatic rings. The topological polar surface area (TPSA) is 69.6 Å². The summed E-state index contributed by atoms with van der Waals surface area (Å²) in [5.74, 6) is 0.343. The summed E-state index contributed by atoms with van der Waals surface area (Å²) in [7, 11) is -1.91. The Morgan fingerprint density at radius 1 is 1.35 bits per heavy atom. The van der Waals surface area contributed by atoms with Crippen LogP contribution >= 0.6 is 0 Å². The highest BCUT2D eigenvalue weighted by Crippen LogP contribution is 2.07. The normalized spacial score (nSPS) is 14.5. The van der Waals surface area contributed by atoms with Gasteiger partial charge < -0.3 is 5.11 Å². The van der Waals surface area contributed by atoms with E-state index >= 15 is 0 Å². The van der Waals surface area contributed by atoms with Crippen LogP contribution in [0.1, 0.15) is 40.0 Å². The Labute approximate surface area is 105 Å². The second kappa shape index (κ2) is 8.02. The van der Waals surface area contributed by atoms with E-state index in [1.54, 1.807) is 7.05 Å². The van der Waals surface area contributed by atoms with Crippen LogP contribution in [0.5, 0.6) is 0 Å². The fourth-order valence-corrected chi connectivity index (χ4v) is 2.67. The van der Waals surface area contributed by atoms with Gasteiger partial charge in [0.2, 0.25) is 0 Å². The molecule has 0 rings (SSSR count). The highest BCUT2D eigenvalue weighted by Gasteiger charge is 2.22. The van der Waals surface area contributed by atoms with Gasteiger partial charge in [-0.15, -0.1) is 0 Å². The SMILES string of the molecule is CCCCN(C)S(=O)(=O)NC(CO)CC(C)C. The molecule has 5 nitrogen and oxygen atoms in total. The van der Waals surface area contributed by atoms with Gasteiger partial charge >= 0.3 is 0 Å². The lowest BCUT2D eigenvalue weighted by Crippen LogP contribution is -2.45. The van der Waals surface area contributed by atoms with E-state index in [1.165, 1.54) is 4.31 Å². The minimum Gasteiger partial charge on any atom is -0.395 e. The summed E-state index contributed by atoms with van der Waals surface area (Å²) in [5, 5.41) is 9.15. The number of hydrogen-bond donors (Lipinski definition) is 2. The first-order valence-electron chi connectivity index (χ1n) is 6.17. The van der Waals surface area contributed by atoms with Crippen molar-refractivity contribution in [2.45, 2.75) is 46.1 Å². The molecule has 0 aliphatic rings. The zero-order valence-corrected chi connectivity index (χ0v) is 12.1. The van der Waals surface area contributed by atoms with Gasteiger partial charge in [-0.25, -0.2) is 0 Å².